The van der Waals surface area contributed by atoms with E-state index < -0.39 is 0 Å². The van der Waals surface area contributed by atoms with E-state index >= 15 is 0 Å². The van der Waals surface area contributed by atoms with E-state index in [1.807, 2.05) is 11.3 Å². The van der Waals surface area contributed by atoms with Gasteiger partial charge >= 0.3 is 0 Å². The topological polar surface area (TPSA) is 21.3 Å². The van der Waals surface area contributed by atoms with Gasteiger partial charge in [0.05, 0.1) is 6.61 Å². The Bertz CT molecular complexity index is 259. The molecule has 0 fully saturated rings. The first-order chi connectivity index (χ1) is 5.90. The van der Waals surface area contributed by atoms with Gasteiger partial charge in [-0.05, 0) is 23.4 Å². The summed E-state index contributed by atoms with van der Waals surface area (Å²) < 4.78 is 5.12. The van der Waals surface area contributed by atoms with Crippen molar-refractivity contribution < 1.29 is 4.74 Å². The molecule has 0 aliphatic carbocycles. The van der Waals surface area contributed by atoms with Crippen LogP contribution >= 0.6 is 11.3 Å². The molecule has 2 rings (SSSR count). The first kappa shape index (κ1) is 8.23. The second-order valence-electron chi connectivity index (χ2n) is 3.11. The predicted octanol–water partition coefficient (Wildman–Crippen LogP) is 1.41. The molecule has 1 aliphatic heterocycles. The molecule has 1 atom stereocenters. The van der Waals surface area contributed by atoms with Gasteiger partial charge in [-0.2, -0.15) is 0 Å². The summed E-state index contributed by atoms with van der Waals surface area (Å²) >= 11 is 1.86. The summed E-state index contributed by atoms with van der Waals surface area (Å²) in [6.07, 6.45) is 1.13. The van der Waals surface area contributed by atoms with Crippen LogP contribution in [0.15, 0.2) is 11.4 Å². The number of ether oxygens (including phenoxy) is 1. The van der Waals surface area contributed by atoms with Crippen LogP contribution in [-0.4, -0.2) is 19.8 Å². The lowest BCUT2D eigenvalue weighted by Crippen LogP contribution is -2.38. The van der Waals surface area contributed by atoms with Gasteiger partial charge in [0.15, 0.2) is 0 Å². The molecule has 0 amide bonds. The fraction of sp³-hybridized carbons (Fsp3) is 0.556. The Morgan fingerprint density at radius 3 is 3.50 bits per heavy atom. The highest BCUT2D eigenvalue weighted by Gasteiger charge is 2.17. The van der Waals surface area contributed by atoms with Crippen molar-refractivity contribution in [2.45, 2.75) is 19.0 Å². The van der Waals surface area contributed by atoms with Crippen molar-refractivity contribution in [1.29, 1.82) is 0 Å². The second kappa shape index (κ2) is 3.56. The van der Waals surface area contributed by atoms with Crippen LogP contribution < -0.4 is 5.32 Å². The quantitative estimate of drug-likeness (QED) is 0.748. The van der Waals surface area contributed by atoms with Crippen LogP contribution in [0.25, 0.3) is 0 Å². The van der Waals surface area contributed by atoms with Crippen LogP contribution in [0.1, 0.15) is 10.4 Å². The van der Waals surface area contributed by atoms with Crippen molar-refractivity contribution in [2.75, 3.05) is 13.7 Å². The maximum atomic E-state index is 5.12. The van der Waals surface area contributed by atoms with Crippen molar-refractivity contribution in [3.05, 3.63) is 21.9 Å². The van der Waals surface area contributed by atoms with Crippen LogP contribution in [0.4, 0.5) is 0 Å². The van der Waals surface area contributed by atoms with E-state index in [2.05, 4.69) is 16.8 Å². The fourth-order valence-electron chi connectivity index (χ4n) is 1.57. The largest absolute Gasteiger partial charge is 0.383 e. The van der Waals surface area contributed by atoms with Crippen molar-refractivity contribution in [3.8, 4) is 0 Å². The first-order valence-corrected chi connectivity index (χ1v) is 5.05. The molecule has 0 saturated carbocycles. The van der Waals surface area contributed by atoms with Gasteiger partial charge in [-0.1, -0.05) is 0 Å². The molecule has 12 heavy (non-hydrogen) atoms. The zero-order valence-corrected chi connectivity index (χ0v) is 7.99. The zero-order valence-electron chi connectivity index (χ0n) is 7.17. The third-order valence-electron chi connectivity index (χ3n) is 2.22. The zero-order chi connectivity index (χ0) is 8.39. The summed E-state index contributed by atoms with van der Waals surface area (Å²) in [6.45, 7) is 1.82. The number of methoxy groups -OCH3 is 1. The monoisotopic (exact) mass is 183 g/mol. The molecule has 0 unspecified atom stereocenters. The number of rotatable bonds is 2. The molecule has 0 saturated heterocycles. The minimum atomic E-state index is 0.515. The van der Waals surface area contributed by atoms with Crippen molar-refractivity contribution in [1.82, 2.24) is 5.32 Å². The van der Waals surface area contributed by atoms with Crippen LogP contribution in [0, 0.1) is 0 Å². The molecule has 0 radical (unpaired) electrons. The van der Waals surface area contributed by atoms with Gasteiger partial charge in [0.25, 0.3) is 0 Å². The fourth-order valence-corrected chi connectivity index (χ4v) is 2.56. The minimum Gasteiger partial charge on any atom is -0.383 e. The summed E-state index contributed by atoms with van der Waals surface area (Å²) in [5, 5.41) is 5.61. The molecule has 1 aromatic heterocycles. The molecule has 2 heterocycles. The molecule has 1 N–H and O–H groups in total. The Morgan fingerprint density at radius 2 is 2.67 bits per heavy atom. The highest BCUT2D eigenvalue weighted by Crippen LogP contribution is 2.22. The van der Waals surface area contributed by atoms with E-state index in [-0.39, 0.29) is 0 Å². The number of hydrogen-bond acceptors (Lipinski definition) is 3. The van der Waals surface area contributed by atoms with Gasteiger partial charge < -0.3 is 10.1 Å². The van der Waals surface area contributed by atoms with Gasteiger partial charge in [-0.15, -0.1) is 11.3 Å². The average molecular weight is 183 g/mol. The van der Waals surface area contributed by atoms with Gasteiger partial charge in [-0.3, -0.25) is 0 Å². The van der Waals surface area contributed by atoms with Gasteiger partial charge in [0.2, 0.25) is 0 Å². The summed E-state index contributed by atoms with van der Waals surface area (Å²) in [4.78, 5) is 1.52. The summed E-state index contributed by atoms with van der Waals surface area (Å²) in [5.41, 5.74) is 1.47. The molecular formula is C9H13NOS. The SMILES string of the molecule is COC[C@@H]1Cc2sccc2CN1. The van der Waals surface area contributed by atoms with E-state index in [1.165, 1.54) is 10.4 Å². The maximum Gasteiger partial charge on any atom is 0.0619 e. The van der Waals surface area contributed by atoms with Crippen molar-refractivity contribution in [3.63, 3.8) is 0 Å². The van der Waals surface area contributed by atoms with Crippen LogP contribution in [0.3, 0.4) is 0 Å². The molecular weight excluding hydrogens is 170 g/mol. The molecule has 0 aromatic carbocycles. The van der Waals surface area contributed by atoms with Gasteiger partial charge in [-0.25, -0.2) is 0 Å². The summed E-state index contributed by atoms with van der Waals surface area (Å²) in [7, 11) is 1.76. The molecule has 3 heteroatoms. The number of fused-ring (bicyclic) bond motifs is 1. The minimum absolute atomic E-state index is 0.515. The Kier molecular flexibility index (Phi) is 2.44. The molecule has 66 valence electrons. The van der Waals surface area contributed by atoms with E-state index in [1.54, 1.807) is 7.11 Å². The van der Waals surface area contributed by atoms with E-state index in [0.717, 1.165) is 19.6 Å². The Morgan fingerprint density at radius 1 is 1.75 bits per heavy atom. The van der Waals surface area contributed by atoms with Crippen molar-refractivity contribution in [2.24, 2.45) is 0 Å². The molecule has 0 spiro atoms. The maximum absolute atomic E-state index is 5.12. The highest BCUT2D eigenvalue weighted by atomic mass is 32.1. The summed E-state index contributed by atoms with van der Waals surface area (Å²) in [6, 6.07) is 2.72. The van der Waals surface area contributed by atoms with E-state index in [0.29, 0.717) is 6.04 Å². The predicted molar refractivity (Wildman–Crippen MR) is 50.5 cm³/mol. The van der Waals surface area contributed by atoms with Crippen molar-refractivity contribution >= 4 is 11.3 Å². The summed E-state index contributed by atoms with van der Waals surface area (Å²) in [5.74, 6) is 0. The second-order valence-corrected chi connectivity index (χ2v) is 4.11. The van der Waals surface area contributed by atoms with Gasteiger partial charge in [0, 0.05) is 24.6 Å². The van der Waals surface area contributed by atoms with Crippen LogP contribution in [-0.2, 0) is 17.7 Å². The normalized spacial score (nSPS) is 22.2. The Labute approximate surface area is 76.6 Å². The Hall–Kier alpha value is -0.380. The lowest BCUT2D eigenvalue weighted by Gasteiger charge is -2.22. The molecule has 2 nitrogen and oxygen atoms in total. The lowest BCUT2D eigenvalue weighted by atomic mass is 10.1. The third-order valence-corrected chi connectivity index (χ3v) is 3.20. The lowest BCUT2D eigenvalue weighted by molar-refractivity contribution is 0.163. The van der Waals surface area contributed by atoms with E-state index in [4.69, 9.17) is 4.74 Å². The van der Waals surface area contributed by atoms with Gasteiger partial charge in [0.1, 0.15) is 0 Å². The first-order valence-electron chi connectivity index (χ1n) is 4.17. The third kappa shape index (κ3) is 1.53. The van der Waals surface area contributed by atoms with Crippen LogP contribution in [0.5, 0.6) is 0 Å². The molecule has 0 bridgehead atoms. The molecule has 1 aromatic rings. The van der Waals surface area contributed by atoms with E-state index in [9.17, 15) is 0 Å². The molecule has 1 aliphatic rings. The standard InChI is InChI=1S/C9H13NOS/c1-11-6-8-4-9-7(5-10-8)2-3-12-9/h2-3,8,10H,4-6H2,1H3/t8-/m0/s1. The number of thiophene rings is 1. The smallest absolute Gasteiger partial charge is 0.0619 e. The average Bonchev–Trinajstić information content (AvgIpc) is 2.51. The Balaban J connectivity index is 2.05. The number of hydrogen-bond donors (Lipinski definition) is 1. The highest BCUT2D eigenvalue weighted by molar-refractivity contribution is 7.10. The number of nitrogens with one attached hydrogen (secondary N) is 1. The van der Waals surface area contributed by atoms with Crippen LogP contribution in [0.2, 0.25) is 0 Å².